The molecule has 0 radical (unpaired) electrons. The molecule has 1 saturated carbocycles. The summed E-state index contributed by atoms with van der Waals surface area (Å²) in [6.07, 6.45) is 10.4. The molecule has 26 nitrogen and oxygen atoms in total. The Morgan fingerprint density at radius 2 is 1.12 bits per heavy atom. The van der Waals surface area contributed by atoms with Gasteiger partial charge in [0.2, 0.25) is 17.5 Å². The van der Waals surface area contributed by atoms with Gasteiger partial charge >= 0.3 is 18.0 Å². The highest BCUT2D eigenvalue weighted by Crippen LogP contribution is 2.41. The molecule has 2 amide bonds. The second-order valence-electron chi connectivity index (χ2n) is 26.1. The summed E-state index contributed by atoms with van der Waals surface area (Å²) in [7, 11) is 2.73. The number of H-pyrrole nitrogens is 2. The lowest BCUT2D eigenvalue weighted by atomic mass is 9.77. The van der Waals surface area contributed by atoms with Crippen LogP contribution in [0.4, 0.5) is 4.79 Å². The van der Waals surface area contributed by atoms with Crippen molar-refractivity contribution in [3.8, 4) is 45.6 Å². The van der Waals surface area contributed by atoms with E-state index in [1.54, 1.807) is 38.1 Å². The second-order valence-corrected chi connectivity index (χ2v) is 26.1. The number of fused-ring (bicyclic) bond motifs is 1. The summed E-state index contributed by atoms with van der Waals surface area (Å²) >= 11 is 0. The van der Waals surface area contributed by atoms with Gasteiger partial charge < -0.3 is 52.0 Å². The van der Waals surface area contributed by atoms with E-state index in [9.17, 15) is 24.0 Å². The van der Waals surface area contributed by atoms with Gasteiger partial charge in [0.05, 0.1) is 62.0 Å². The maximum absolute atomic E-state index is 13.5. The van der Waals surface area contributed by atoms with Crippen LogP contribution in [-0.2, 0) is 53.4 Å². The van der Waals surface area contributed by atoms with Crippen molar-refractivity contribution in [3.63, 3.8) is 0 Å². The molecule has 7 N–H and O–H groups in total. The van der Waals surface area contributed by atoms with E-state index in [-0.39, 0.29) is 42.5 Å². The molecular formula is C77H82ClN17O9. The van der Waals surface area contributed by atoms with Crippen molar-refractivity contribution in [2.24, 2.45) is 0 Å². The van der Waals surface area contributed by atoms with Crippen molar-refractivity contribution in [2.45, 2.75) is 127 Å². The number of alkyl carbamates (subject to hydrolysis) is 1. The molecule has 0 unspecified atom stereocenters. The number of furan rings is 1. The Morgan fingerprint density at radius 1 is 0.606 bits per heavy atom. The standard InChI is InChI=1S/C35H35N5O3.C30H31N7O4.C12H15N5O2.ClH/c1-25(41)31(36-33(42)43-34(2,3)4)24-26-20-22-27(23-21-26)32-37-39-40(38-32)35(28-14-8-5-9-15-28,29-16-10-6-11-17-29)30-18-12-7-13-19-30;1-40-27(38)17-23(15-19-7-9-20(10-8-19)28-33-35-36-34-28)31-30(39)21-11-12-26-25(16-21)32-29(22-13-14-41-18-22)37(26)24-5-3-2-4-6-24;1-19-11(18)7-10(13)6-8-2-4-9(5-3-8)12-14-16-17-15-12;/h5-23,31H,24H2,1-4H3,(H,36,42);7-14,16,18,23-24H,2-6,15,17H2,1H3,(H,31,39)(H,33,34,35,36);2-5,10H,6-7,13H2,1H3,(H,14,15,16,17);1H/t31-;23-;10-;/m000./s1. The molecule has 0 saturated heterocycles. The molecule has 1 aliphatic rings. The Kier molecular flexibility index (Phi) is 25.3. The lowest BCUT2D eigenvalue weighted by molar-refractivity contribution is -0.418. The number of carbonyl (C=O) groups excluding carboxylic acids is 5. The van der Waals surface area contributed by atoms with E-state index < -0.39 is 35.3 Å². The summed E-state index contributed by atoms with van der Waals surface area (Å²) in [6.45, 7) is 6.79. The van der Waals surface area contributed by atoms with Crippen molar-refractivity contribution in [1.29, 1.82) is 0 Å². The first kappa shape index (κ1) is 74.8. The first-order valence-corrected chi connectivity index (χ1v) is 34.0. The van der Waals surface area contributed by atoms with Crippen molar-refractivity contribution in [2.75, 3.05) is 14.2 Å². The SMILES string of the molecule is CC(=O)[C@H](Cc1ccc(-c2nnn(C(c3ccccc3)(c3ccccc3)c3ccccc3)n2)cc1)NC(=O)OC(C)(C)C.COC(=O)C[C@@H]([NH3+])Cc1ccc(-c2nn[nH]n2)cc1.COC(=O)C[C@H](Cc1ccc(-c2nn[nH]n2)cc1)NC(=O)c1ccc2c(c1)nc(-c1ccoc1)n2C1CCCCC1.[Cl-]. The zero-order chi connectivity index (χ0) is 72.3. The Hall–Kier alpha value is -11.9. The van der Waals surface area contributed by atoms with Crippen LogP contribution in [0.3, 0.4) is 0 Å². The Morgan fingerprint density at radius 3 is 1.62 bits per heavy atom. The summed E-state index contributed by atoms with van der Waals surface area (Å²) in [5.74, 6) is 1.31. The number of benzene rings is 7. The normalized spacial score (nSPS) is 13.1. The molecule has 13 rings (SSSR count). The van der Waals surface area contributed by atoms with E-state index in [1.165, 1.54) is 40.4 Å². The maximum Gasteiger partial charge on any atom is 0.408 e. The number of Topliss-reactive ketones (excluding diaryl/α,β-unsaturated/α-hetero) is 1. The molecule has 104 heavy (non-hydrogen) atoms. The molecule has 5 heterocycles. The molecule has 12 aromatic rings. The smallest absolute Gasteiger partial charge is 0.408 e. The van der Waals surface area contributed by atoms with Crippen LogP contribution in [0.2, 0.25) is 0 Å². The van der Waals surface area contributed by atoms with Crippen molar-refractivity contribution in [3.05, 3.63) is 240 Å². The molecule has 1 aliphatic carbocycles. The highest BCUT2D eigenvalue weighted by molar-refractivity contribution is 5.98. The van der Waals surface area contributed by atoms with Crippen LogP contribution in [0.1, 0.15) is 122 Å². The van der Waals surface area contributed by atoms with E-state index in [4.69, 9.17) is 24.0 Å². The largest absolute Gasteiger partial charge is 1.00 e. The number of imidazole rings is 1. The van der Waals surface area contributed by atoms with Crippen molar-refractivity contribution in [1.82, 2.24) is 81.6 Å². The molecule has 3 atom stereocenters. The Balaban J connectivity index is 0.000000178. The topological polar surface area (TPSA) is 348 Å². The Labute approximate surface area is 606 Å². The van der Waals surface area contributed by atoms with Gasteiger partial charge in [-0.15, -0.1) is 35.4 Å². The van der Waals surface area contributed by atoms with Crippen LogP contribution in [0.15, 0.2) is 205 Å². The second kappa shape index (κ2) is 35.1. The number of ether oxygens (including phenoxy) is 3. The Bertz CT molecular complexity index is 4610. The van der Waals surface area contributed by atoms with E-state index in [0.717, 1.165) is 91.8 Å². The predicted molar refractivity (Wildman–Crippen MR) is 383 cm³/mol. The van der Waals surface area contributed by atoms with Crippen LogP contribution in [-0.4, -0.2) is 139 Å². The van der Waals surface area contributed by atoms with Gasteiger partial charge in [0.1, 0.15) is 17.7 Å². The zero-order valence-electron chi connectivity index (χ0n) is 58.6. The highest BCUT2D eigenvalue weighted by atomic mass is 35.5. The number of aromatic nitrogens is 14. The minimum atomic E-state index is -0.864. The number of methoxy groups -OCH3 is 2. The number of ketones is 1. The molecule has 0 aliphatic heterocycles. The number of carbonyl (C=O) groups is 5. The monoisotopic (exact) mass is 1420 g/mol. The molecule has 5 aromatic heterocycles. The molecule has 0 bridgehead atoms. The number of nitrogens with zero attached hydrogens (tertiary/aromatic N) is 12. The number of hydrogen-bond acceptors (Lipinski definition) is 19. The van der Waals surface area contributed by atoms with Gasteiger partial charge in [-0.1, -0.05) is 183 Å². The average Bonchev–Trinajstić information content (AvgIpc) is 1.25. The summed E-state index contributed by atoms with van der Waals surface area (Å²) in [6, 6.07) is 60.2. The number of hydrogen-bond donors (Lipinski definition) is 5. The van der Waals surface area contributed by atoms with Crippen LogP contribution in [0.5, 0.6) is 0 Å². The molecule has 0 spiro atoms. The van der Waals surface area contributed by atoms with E-state index >= 15 is 0 Å². The fraction of sp³-hybridized carbons (Fsp3) is 0.286. The minimum Gasteiger partial charge on any atom is -1.00 e. The number of esters is 2. The number of halogens is 1. The quantitative estimate of drug-likeness (QED) is 0.0233. The van der Waals surface area contributed by atoms with Gasteiger partial charge in [0.15, 0.2) is 11.3 Å². The number of nitrogens with one attached hydrogen (secondary N) is 4. The van der Waals surface area contributed by atoms with Crippen molar-refractivity contribution < 1.29 is 60.7 Å². The summed E-state index contributed by atoms with van der Waals surface area (Å²) < 4.78 is 22.5. The zero-order valence-corrected chi connectivity index (χ0v) is 59.3. The number of tetrazole rings is 3. The molecule has 27 heteroatoms. The van der Waals surface area contributed by atoms with Gasteiger partial charge in [-0.25, -0.2) is 9.78 Å². The lowest BCUT2D eigenvalue weighted by Gasteiger charge is -2.34. The number of aromatic amines is 2. The molecule has 1 fully saturated rings. The first-order valence-electron chi connectivity index (χ1n) is 34.0. The fourth-order valence-corrected chi connectivity index (χ4v) is 12.6. The van der Waals surface area contributed by atoms with Gasteiger partial charge in [0.25, 0.3) is 5.91 Å². The maximum atomic E-state index is 13.5. The van der Waals surface area contributed by atoms with Crippen molar-refractivity contribution >= 4 is 40.8 Å². The molecule has 7 aromatic carbocycles. The summed E-state index contributed by atoms with van der Waals surface area (Å²) in [5, 5.41) is 47.5. The van der Waals surface area contributed by atoms with E-state index in [2.05, 4.69) is 114 Å². The third-order valence-electron chi connectivity index (χ3n) is 17.6. The third-order valence-corrected chi connectivity index (χ3v) is 17.6. The lowest BCUT2D eigenvalue weighted by Crippen LogP contribution is -3.00. The van der Waals surface area contributed by atoms with E-state index in [0.29, 0.717) is 48.3 Å². The fourth-order valence-electron chi connectivity index (χ4n) is 12.6. The number of amides is 2. The van der Waals surface area contributed by atoms with Crippen LogP contribution < -0.4 is 28.8 Å². The summed E-state index contributed by atoms with van der Waals surface area (Å²) in [4.78, 5) is 68.0. The predicted octanol–water partition coefficient (Wildman–Crippen LogP) is 7.68. The van der Waals surface area contributed by atoms with Gasteiger partial charge in [-0.2, -0.15) is 10.4 Å². The van der Waals surface area contributed by atoms with Crippen LogP contribution in [0, 0.1) is 0 Å². The first-order chi connectivity index (χ1) is 49.9. The average molecular weight is 1430 g/mol. The van der Waals surface area contributed by atoms with Gasteiger partial charge in [0, 0.05) is 40.8 Å². The molecule has 536 valence electrons. The minimum absolute atomic E-state index is 0. The van der Waals surface area contributed by atoms with Crippen LogP contribution in [0.25, 0.3) is 56.6 Å². The van der Waals surface area contributed by atoms with Gasteiger partial charge in [-0.3, -0.25) is 19.2 Å². The van der Waals surface area contributed by atoms with Gasteiger partial charge in [-0.05, 0) is 127 Å². The third kappa shape index (κ3) is 19.0. The highest BCUT2D eigenvalue weighted by Gasteiger charge is 2.41. The van der Waals surface area contributed by atoms with E-state index in [1.807, 2.05) is 152 Å². The summed E-state index contributed by atoms with van der Waals surface area (Å²) in [5.41, 5.74) is 14.0. The molecular weight excluding hydrogens is 1340 g/mol. The number of quaternary nitrogens is 1. The van der Waals surface area contributed by atoms with Crippen LogP contribution >= 0.6 is 0 Å². The number of rotatable bonds is 23.